The summed E-state index contributed by atoms with van der Waals surface area (Å²) < 4.78 is 32.1. The Hall–Kier alpha value is -10.2. The number of hydrogen-bond donors (Lipinski definition) is 0. The van der Waals surface area contributed by atoms with Crippen molar-refractivity contribution in [3.8, 4) is 33.8 Å². The molecule has 1 unspecified atom stereocenters. The zero-order valence-corrected chi connectivity index (χ0v) is 47.1. The average molecular weight is 1110 g/mol. The molecular formula is C77H49N3O2P2. The van der Waals surface area contributed by atoms with Gasteiger partial charge in [0.05, 0.1) is 28.1 Å². The fraction of sp³-hybridized carbons (Fsp3) is 0. The molecule has 394 valence electrons. The maximum atomic E-state index is 16.4. The second kappa shape index (κ2) is 19.8. The third kappa shape index (κ3) is 7.74. The molecule has 0 aliphatic heterocycles. The number of fused-ring (bicyclic) bond motifs is 16. The van der Waals surface area contributed by atoms with E-state index in [0.717, 1.165) is 125 Å². The molecular weight excluding hydrogens is 1060 g/mol. The maximum Gasteiger partial charge on any atom is 0.188 e. The van der Waals surface area contributed by atoms with Crippen molar-refractivity contribution in [3.63, 3.8) is 0 Å². The zero-order chi connectivity index (χ0) is 55.9. The van der Waals surface area contributed by atoms with Crippen molar-refractivity contribution in [3.05, 3.63) is 297 Å². The Morgan fingerprint density at radius 3 is 1.19 bits per heavy atom. The smallest absolute Gasteiger partial charge is 0.188 e. The van der Waals surface area contributed by atoms with Gasteiger partial charge >= 0.3 is 0 Å². The molecule has 13 aromatic carbocycles. The van der Waals surface area contributed by atoms with Gasteiger partial charge in [0, 0.05) is 64.4 Å². The maximum absolute atomic E-state index is 16.4. The molecule has 16 aromatic rings. The number of aromatic nitrogens is 3. The van der Waals surface area contributed by atoms with E-state index in [1.165, 1.54) is 5.39 Å². The molecule has 1 atom stereocenters. The number of pyridine rings is 3. The van der Waals surface area contributed by atoms with Crippen molar-refractivity contribution in [1.82, 2.24) is 15.0 Å². The van der Waals surface area contributed by atoms with Crippen LogP contribution in [0.2, 0.25) is 0 Å². The van der Waals surface area contributed by atoms with Gasteiger partial charge < -0.3 is 9.13 Å². The van der Waals surface area contributed by atoms with Gasteiger partial charge in [-0.15, -0.1) is 0 Å². The number of hydrogen-bond acceptors (Lipinski definition) is 5. The third-order valence-corrected chi connectivity index (χ3v) is 23.0. The van der Waals surface area contributed by atoms with Crippen LogP contribution in [0.5, 0.6) is 0 Å². The molecule has 5 nitrogen and oxygen atoms in total. The van der Waals surface area contributed by atoms with Crippen LogP contribution in [0.1, 0.15) is 0 Å². The quantitative estimate of drug-likeness (QED) is 0.106. The van der Waals surface area contributed by atoms with Crippen LogP contribution in [-0.4, -0.2) is 15.0 Å². The zero-order valence-electron chi connectivity index (χ0n) is 45.3. The highest BCUT2D eigenvalue weighted by atomic mass is 31.2. The summed E-state index contributed by atoms with van der Waals surface area (Å²) in [5.74, 6) is 0. The van der Waals surface area contributed by atoms with Crippen LogP contribution in [0.15, 0.2) is 297 Å². The number of rotatable bonds is 9. The fourth-order valence-corrected chi connectivity index (χ4v) is 18.3. The molecule has 0 N–H and O–H groups in total. The lowest BCUT2D eigenvalue weighted by Gasteiger charge is -2.21. The molecule has 16 rings (SSSR count). The van der Waals surface area contributed by atoms with Crippen molar-refractivity contribution in [2.45, 2.75) is 0 Å². The van der Waals surface area contributed by atoms with E-state index >= 15 is 9.13 Å². The van der Waals surface area contributed by atoms with E-state index in [4.69, 9.17) is 15.0 Å². The summed E-state index contributed by atoms with van der Waals surface area (Å²) in [5, 5.41) is 19.0. The van der Waals surface area contributed by atoms with Crippen molar-refractivity contribution < 1.29 is 9.13 Å². The molecule has 3 aromatic heterocycles. The summed E-state index contributed by atoms with van der Waals surface area (Å²) in [6, 6.07) is 101. The first-order chi connectivity index (χ1) is 41.4. The van der Waals surface area contributed by atoms with Gasteiger partial charge in [0.2, 0.25) is 0 Å². The monoisotopic (exact) mass is 1110 g/mol. The third-order valence-electron chi connectivity index (χ3n) is 17.0. The minimum absolute atomic E-state index is 0.490. The summed E-state index contributed by atoms with van der Waals surface area (Å²) in [6.07, 6.45) is 0. The molecule has 84 heavy (non-hydrogen) atoms. The topological polar surface area (TPSA) is 72.8 Å². The van der Waals surface area contributed by atoms with Gasteiger partial charge in [0.15, 0.2) is 14.3 Å². The highest BCUT2D eigenvalue weighted by Gasteiger charge is 2.33. The molecule has 0 amide bonds. The Morgan fingerprint density at radius 1 is 0.226 bits per heavy atom. The number of nitrogens with zero attached hydrogens (tertiary/aromatic N) is 3. The van der Waals surface area contributed by atoms with Crippen LogP contribution >= 0.6 is 14.3 Å². The van der Waals surface area contributed by atoms with E-state index in [1.807, 2.05) is 133 Å². The lowest BCUT2D eigenvalue weighted by Crippen LogP contribution is -2.27. The van der Waals surface area contributed by atoms with Gasteiger partial charge in [-0.1, -0.05) is 273 Å². The van der Waals surface area contributed by atoms with E-state index in [9.17, 15) is 0 Å². The van der Waals surface area contributed by atoms with E-state index in [2.05, 4.69) is 164 Å². The normalized spacial score (nSPS) is 12.7. The Labute approximate surface area is 485 Å². The molecule has 7 heteroatoms. The Balaban J connectivity index is 0.831. The van der Waals surface area contributed by atoms with Crippen LogP contribution in [0.3, 0.4) is 0 Å². The van der Waals surface area contributed by atoms with Gasteiger partial charge in [0.25, 0.3) is 0 Å². The first-order valence-corrected chi connectivity index (χ1v) is 31.7. The molecule has 0 fully saturated rings. The van der Waals surface area contributed by atoms with E-state index in [1.54, 1.807) is 0 Å². The minimum Gasteiger partial charge on any atom is -0.309 e. The number of benzene rings is 13. The highest BCUT2D eigenvalue weighted by molar-refractivity contribution is 7.85. The second-order valence-electron chi connectivity index (χ2n) is 21.6. The first-order valence-electron chi connectivity index (χ1n) is 28.3. The predicted molar refractivity (Wildman–Crippen MR) is 355 cm³/mol. The SMILES string of the molecule is O=P(c1ccccc1)(c1ccccc1)c1cccc(-c2nc3c4ccccc4c4ccc(-c5ccc(P(=O)(c6ccccc6)c6cccc(-c7nc8c9ccccc9c9ccccc9c8c8ccccc78)n6)cc5)cc4c3c3ccccc23)c1. The molecule has 3 heterocycles. The molecule has 0 aliphatic rings. The fourth-order valence-electron chi connectivity index (χ4n) is 13.0. The van der Waals surface area contributed by atoms with Gasteiger partial charge in [-0.3, -0.25) is 0 Å². The standard InChI is InChI=1S/C77H49N3O2P2/c81-83(53-23-4-1-5-24-53,54-25-6-2-7-26-54)57-29-20-22-52(48-57)74-67-38-18-14-34-63(67)73-69-49-51(44-47-61(69)60-32-12-17-37-66(60)77(73)79-74)50-42-45-56(46-43-50)84(82,55-27-8-3-9-28-55)71-41-21-40-70(78-71)75-68-39-19-15-35-64(68)72-62-33-13-10-30-58(62)59-31-11-16-36-65(59)76(72)80-75/h1-49H. The van der Waals surface area contributed by atoms with Gasteiger partial charge in [-0.2, -0.15) is 0 Å². The van der Waals surface area contributed by atoms with Crippen molar-refractivity contribution >= 4 is 133 Å². The van der Waals surface area contributed by atoms with Gasteiger partial charge in [-0.25, -0.2) is 15.0 Å². The summed E-state index contributed by atoms with van der Waals surface area (Å²) in [4.78, 5) is 16.6. The largest absolute Gasteiger partial charge is 0.309 e. The molecule has 0 spiro atoms. The molecule has 0 bridgehead atoms. The minimum atomic E-state index is -3.58. The summed E-state index contributed by atoms with van der Waals surface area (Å²) >= 11 is 0. The second-order valence-corrected chi connectivity index (χ2v) is 27.0. The van der Waals surface area contributed by atoms with E-state index < -0.39 is 14.3 Å². The van der Waals surface area contributed by atoms with Crippen LogP contribution in [0, 0.1) is 0 Å². The molecule has 0 saturated carbocycles. The van der Waals surface area contributed by atoms with Crippen LogP contribution in [-0.2, 0) is 9.13 Å². The molecule has 0 saturated heterocycles. The average Bonchev–Trinajstić information content (AvgIpc) is 1.03. The first kappa shape index (κ1) is 49.6. The van der Waals surface area contributed by atoms with Crippen molar-refractivity contribution in [1.29, 1.82) is 0 Å². The lowest BCUT2D eigenvalue weighted by molar-refractivity contribution is 0.591. The van der Waals surface area contributed by atoms with E-state index in [0.29, 0.717) is 21.7 Å². The highest BCUT2D eigenvalue weighted by Crippen LogP contribution is 2.48. The predicted octanol–water partition coefficient (Wildman–Crippen LogP) is 17.4. The summed E-state index contributed by atoms with van der Waals surface area (Å²) in [5.41, 5.74) is 7.43. The Bertz CT molecular complexity index is 5400. The summed E-state index contributed by atoms with van der Waals surface area (Å²) in [7, 11) is -6.85. The van der Waals surface area contributed by atoms with Crippen LogP contribution in [0.25, 0.3) is 120 Å². The molecule has 0 aliphatic carbocycles. The Kier molecular flexibility index (Phi) is 11.7. The van der Waals surface area contributed by atoms with Crippen LogP contribution < -0.4 is 32.0 Å². The van der Waals surface area contributed by atoms with Crippen molar-refractivity contribution in [2.24, 2.45) is 0 Å². The van der Waals surface area contributed by atoms with Crippen molar-refractivity contribution in [2.75, 3.05) is 0 Å². The van der Waals surface area contributed by atoms with E-state index in [-0.39, 0.29) is 0 Å². The lowest BCUT2D eigenvalue weighted by atomic mass is 9.90. The van der Waals surface area contributed by atoms with Gasteiger partial charge in [0.1, 0.15) is 5.44 Å². The van der Waals surface area contributed by atoms with Crippen LogP contribution in [0.4, 0.5) is 0 Å². The summed E-state index contributed by atoms with van der Waals surface area (Å²) in [6.45, 7) is 0. The Morgan fingerprint density at radius 2 is 0.619 bits per heavy atom. The molecule has 0 radical (unpaired) electrons. The van der Waals surface area contributed by atoms with Gasteiger partial charge in [-0.05, 0) is 78.5 Å².